The monoisotopic (exact) mass is 318 g/mol. The number of carbonyl (C=O) groups excluding carboxylic acids is 3. The number of imide groups is 1. The minimum absolute atomic E-state index is 0.146. The third-order valence-corrected chi connectivity index (χ3v) is 3.71. The molecule has 0 spiro atoms. The van der Waals surface area contributed by atoms with Crippen molar-refractivity contribution in [3.8, 4) is 0 Å². The van der Waals surface area contributed by atoms with E-state index in [1.807, 2.05) is 19.0 Å². The van der Waals surface area contributed by atoms with Gasteiger partial charge in [-0.2, -0.15) is 0 Å². The smallest absolute Gasteiger partial charge is 0.328 e. The molecule has 1 aliphatic rings. The molecular formula is C16H22N4O3. The topological polar surface area (TPSA) is 73.0 Å². The van der Waals surface area contributed by atoms with Crippen molar-refractivity contribution in [2.75, 3.05) is 45.7 Å². The standard InChI is InChI=1S/C16H22N4O3/c1-18(2)10-11-19(3)15(22)12-6-4-5-7-13(12)20-9-8-14(21)17-16(20)23/h4-7H,8-11H2,1-3H3,(H,17,21,23). The summed E-state index contributed by atoms with van der Waals surface area (Å²) in [5, 5.41) is 2.28. The van der Waals surface area contributed by atoms with E-state index < -0.39 is 6.03 Å². The van der Waals surface area contributed by atoms with E-state index in [4.69, 9.17) is 0 Å². The van der Waals surface area contributed by atoms with E-state index in [0.29, 0.717) is 17.8 Å². The first-order valence-electron chi connectivity index (χ1n) is 7.50. The lowest BCUT2D eigenvalue weighted by molar-refractivity contribution is -0.120. The number of likely N-dealkylation sites (N-methyl/N-ethyl adjacent to an activating group) is 2. The number of benzene rings is 1. The van der Waals surface area contributed by atoms with Gasteiger partial charge in [0, 0.05) is 33.1 Å². The number of para-hydroxylation sites is 1. The van der Waals surface area contributed by atoms with Gasteiger partial charge in [-0.05, 0) is 26.2 Å². The molecule has 1 aromatic rings. The third-order valence-electron chi connectivity index (χ3n) is 3.71. The molecule has 7 nitrogen and oxygen atoms in total. The SMILES string of the molecule is CN(C)CCN(C)C(=O)c1ccccc1N1CCC(=O)NC1=O. The van der Waals surface area contributed by atoms with Gasteiger partial charge < -0.3 is 9.80 Å². The van der Waals surface area contributed by atoms with Gasteiger partial charge in [0.25, 0.3) is 5.91 Å². The molecule has 0 bridgehead atoms. The number of carbonyl (C=O) groups is 3. The number of anilines is 1. The van der Waals surface area contributed by atoms with E-state index in [-0.39, 0.29) is 24.8 Å². The van der Waals surface area contributed by atoms with Crippen LogP contribution < -0.4 is 10.2 Å². The van der Waals surface area contributed by atoms with Crippen LogP contribution in [0, 0.1) is 0 Å². The predicted octanol–water partition coefficient (Wildman–Crippen LogP) is 0.766. The molecule has 1 aliphatic heterocycles. The Morgan fingerprint density at radius 1 is 1.17 bits per heavy atom. The lowest BCUT2D eigenvalue weighted by Gasteiger charge is -2.29. The number of nitrogens with zero attached hydrogens (tertiary/aromatic N) is 3. The van der Waals surface area contributed by atoms with Crippen LogP contribution in [0.3, 0.4) is 0 Å². The van der Waals surface area contributed by atoms with E-state index in [9.17, 15) is 14.4 Å². The van der Waals surface area contributed by atoms with Crippen molar-refractivity contribution in [2.45, 2.75) is 6.42 Å². The molecule has 0 aromatic heterocycles. The number of nitrogens with one attached hydrogen (secondary N) is 1. The summed E-state index contributed by atoms with van der Waals surface area (Å²) in [6.07, 6.45) is 0.227. The maximum Gasteiger partial charge on any atom is 0.328 e. The molecule has 2 rings (SSSR count). The highest BCUT2D eigenvalue weighted by Gasteiger charge is 2.28. The Bertz CT molecular complexity index is 615. The lowest BCUT2D eigenvalue weighted by atomic mass is 10.1. The average Bonchev–Trinajstić information content (AvgIpc) is 2.52. The summed E-state index contributed by atoms with van der Waals surface area (Å²) in [5.74, 6) is -0.440. The molecule has 0 aliphatic carbocycles. The molecular weight excluding hydrogens is 296 g/mol. The first kappa shape index (κ1) is 17.0. The summed E-state index contributed by atoms with van der Waals surface area (Å²) in [7, 11) is 5.63. The number of hydrogen-bond acceptors (Lipinski definition) is 4. The van der Waals surface area contributed by atoms with Gasteiger partial charge in [0.05, 0.1) is 11.3 Å². The number of amides is 4. The van der Waals surface area contributed by atoms with E-state index in [0.717, 1.165) is 6.54 Å². The second kappa shape index (κ2) is 7.23. The molecule has 124 valence electrons. The van der Waals surface area contributed by atoms with Crippen LogP contribution in [0.5, 0.6) is 0 Å². The Kier molecular flexibility index (Phi) is 5.33. The van der Waals surface area contributed by atoms with Gasteiger partial charge in [0.15, 0.2) is 0 Å². The summed E-state index contributed by atoms with van der Waals surface area (Å²) < 4.78 is 0. The van der Waals surface area contributed by atoms with Gasteiger partial charge in [0.1, 0.15) is 0 Å². The lowest BCUT2D eigenvalue weighted by Crippen LogP contribution is -2.50. The summed E-state index contributed by atoms with van der Waals surface area (Å²) in [4.78, 5) is 41.1. The van der Waals surface area contributed by atoms with Gasteiger partial charge in [-0.25, -0.2) is 4.79 Å². The van der Waals surface area contributed by atoms with Gasteiger partial charge >= 0.3 is 6.03 Å². The molecule has 0 radical (unpaired) electrons. The number of hydrogen-bond donors (Lipinski definition) is 1. The van der Waals surface area contributed by atoms with Crippen LogP contribution in [0.15, 0.2) is 24.3 Å². The zero-order chi connectivity index (χ0) is 17.0. The fourth-order valence-electron chi connectivity index (χ4n) is 2.34. The second-order valence-electron chi connectivity index (χ2n) is 5.80. The van der Waals surface area contributed by atoms with Crippen LogP contribution in [-0.2, 0) is 4.79 Å². The molecule has 1 saturated heterocycles. The molecule has 1 heterocycles. The quantitative estimate of drug-likeness (QED) is 0.870. The van der Waals surface area contributed by atoms with Crippen molar-refractivity contribution in [1.29, 1.82) is 0 Å². The van der Waals surface area contributed by atoms with E-state index in [1.54, 1.807) is 36.2 Å². The number of rotatable bonds is 5. The molecule has 0 unspecified atom stereocenters. The van der Waals surface area contributed by atoms with Crippen LogP contribution in [0.1, 0.15) is 16.8 Å². The van der Waals surface area contributed by atoms with Gasteiger partial charge in [-0.3, -0.25) is 19.8 Å². The van der Waals surface area contributed by atoms with Crippen molar-refractivity contribution in [3.63, 3.8) is 0 Å². The summed E-state index contributed by atoms with van der Waals surface area (Å²) in [6, 6.07) is 6.48. The number of urea groups is 1. The highest BCUT2D eigenvalue weighted by molar-refractivity contribution is 6.09. The summed E-state index contributed by atoms with van der Waals surface area (Å²) >= 11 is 0. The molecule has 7 heteroatoms. The molecule has 0 saturated carbocycles. The van der Waals surface area contributed by atoms with E-state index in [2.05, 4.69) is 5.32 Å². The molecule has 1 N–H and O–H groups in total. The highest BCUT2D eigenvalue weighted by atomic mass is 16.2. The predicted molar refractivity (Wildman–Crippen MR) is 87.5 cm³/mol. The van der Waals surface area contributed by atoms with Crippen LogP contribution in [0.2, 0.25) is 0 Å². The maximum absolute atomic E-state index is 12.7. The molecule has 1 fully saturated rings. The van der Waals surface area contributed by atoms with Crippen molar-refractivity contribution >= 4 is 23.5 Å². The van der Waals surface area contributed by atoms with Crippen LogP contribution in [0.4, 0.5) is 10.5 Å². The van der Waals surface area contributed by atoms with Gasteiger partial charge in [-0.15, -0.1) is 0 Å². The Balaban J connectivity index is 2.21. The fraction of sp³-hybridized carbons (Fsp3) is 0.438. The Morgan fingerprint density at radius 3 is 2.52 bits per heavy atom. The maximum atomic E-state index is 12.7. The van der Waals surface area contributed by atoms with E-state index in [1.165, 1.54) is 4.90 Å². The first-order chi connectivity index (χ1) is 10.9. The van der Waals surface area contributed by atoms with Crippen LogP contribution >= 0.6 is 0 Å². The second-order valence-corrected chi connectivity index (χ2v) is 5.80. The van der Waals surface area contributed by atoms with Crippen molar-refractivity contribution in [2.24, 2.45) is 0 Å². The van der Waals surface area contributed by atoms with Crippen molar-refractivity contribution in [1.82, 2.24) is 15.1 Å². The molecule has 23 heavy (non-hydrogen) atoms. The summed E-state index contributed by atoms with van der Waals surface area (Å²) in [6.45, 7) is 1.62. The van der Waals surface area contributed by atoms with Crippen LogP contribution in [0.25, 0.3) is 0 Å². The Hall–Kier alpha value is -2.41. The van der Waals surface area contributed by atoms with Crippen molar-refractivity contribution in [3.05, 3.63) is 29.8 Å². The fourth-order valence-corrected chi connectivity index (χ4v) is 2.34. The first-order valence-corrected chi connectivity index (χ1v) is 7.50. The van der Waals surface area contributed by atoms with Gasteiger partial charge in [-0.1, -0.05) is 12.1 Å². The Labute approximate surface area is 135 Å². The summed E-state index contributed by atoms with van der Waals surface area (Å²) in [5.41, 5.74) is 0.984. The minimum Gasteiger partial charge on any atom is -0.340 e. The Morgan fingerprint density at radius 2 is 1.87 bits per heavy atom. The minimum atomic E-state index is -0.488. The zero-order valence-corrected chi connectivity index (χ0v) is 13.7. The molecule has 1 aromatic carbocycles. The average molecular weight is 318 g/mol. The van der Waals surface area contributed by atoms with Crippen molar-refractivity contribution < 1.29 is 14.4 Å². The van der Waals surface area contributed by atoms with Gasteiger partial charge in [0.2, 0.25) is 5.91 Å². The highest BCUT2D eigenvalue weighted by Crippen LogP contribution is 2.23. The van der Waals surface area contributed by atoms with Crippen LogP contribution in [-0.4, -0.2) is 68.4 Å². The largest absolute Gasteiger partial charge is 0.340 e. The zero-order valence-electron chi connectivity index (χ0n) is 13.7. The third kappa shape index (κ3) is 4.07. The normalized spacial score (nSPS) is 14.9. The molecule has 0 atom stereocenters. The van der Waals surface area contributed by atoms with E-state index >= 15 is 0 Å². The molecule has 4 amide bonds.